The van der Waals surface area contributed by atoms with E-state index in [1.165, 1.54) is 16.0 Å². The number of likely N-dealkylation sites (N-methyl/N-ethyl adjacent to an activating group) is 1. The highest BCUT2D eigenvalue weighted by Crippen LogP contribution is 2.27. The lowest BCUT2D eigenvalue weighted by molar-refractivity contribution is -0.858. The van der Waals surface area contributed by atoms with E-state index in [-0.39, 0.29) is 5.41 Å². The molecule has 1 N–H and O–H groups in total. The Balaban J connectivity index is 2.70. The Morgan fingerprint density at radius 2 is 1.82 bits per heavy atom. The van der Waals surface area contributed by atoms with E-state index in [9.17, 15) is 0 Å². The molecule has 0 aromatic heterocycles. The van der Waals surface area contributed by atoms with Gasteiger partial charge in [-0.2, -0.15) is 0 Å². The third kappa shape index (κ3) is 4.39. The second kappa shape index (κ2) is 5.54. The first-order valence-electron chi connectivity index (χ1n) is 6.33. The molecule has 0 atom stereocenters. The van der Waals surface area contributed by atoms with Crippen LogP contribution in [0, 0.1) is 6.92 Å². The first-order valence-corrected chi connectivity index (χ1v) is 6.33. The summed E-state index contributed by atoms with van der Waals surface area (Å²) in [6, 6.07) is 6.50. The zero-order valence-electron chi connectivity index (χ0n) is 12.1. The molecule has 1 aromatic rings. The van der Waals surface area contributed by atoms with Crippen LogP contribution in [0.1, 0.15) is 31.9 Å². The molecule has 96 valence electrons. The summed E-state index contributed by atoms with van der Waals surface area (Å²) in [5.41, 5.74) is 2.80. The minimum atomic E-state index is 0.205. The van der Waals surface area contributed by atoms with Crippen molar-refractivity contribution in [3.63, 3.8) is 0 Å². The second-order valence-corrected chi connectivity index (χ2v) is 6.04. The van der Waals surface area contributed by atoms with Crippen LogP contribution in [0.4, 0.5) is 0 Å². The summed E-state index contributed by atoms with van der Waals surface area (Å²) in [4.78, 5) is 1.41. The second-order valence-electron chi connectivity index (χ2n) is 6.04. The number of aryl methyl sites for hydroxylation is 1. The van der Waals surface area contributed by atoms with Gasteiger partial charge in [-0.25, -0.2) is 0 Å². The van der Waals surface area contributed by atoms with Crippen LogP contribution in [0.2, 0.25) is 0 Å². The molecule has 0 fully saturated rings. The zero-order chi connectivity index (χ0) is 13.1. The van der Waals surface area contributed by atoms with Crippen molar-refractivity contribution in [1.29, 1.82) is 0 Å². The van der Waals surface area contributed by atoms with Gasteiger partial charge in [0.1, 0.15) is 18.9 Å². The summed E-state index contributed by atoms with van der Waals surface area (Å²) in [7, 11) is 4.28. The molecule has 0 aliphatic carbocycles. The van der Waals surface area contributed by atoms with Gasteiger partial charge in [0.25, 0.3) is 0 Å². The van der Waals surface area contributed by atoms with Gasteiger partial charge in [-0.1, -0.05) is 32.9 Å². The predicted octanol–water partition coefficient (Wildman–Crippen LogP) is 1.82. The maximum atomic E-state index is 5.79. The lowest BCUT2D eigenvalue weighted by Gasteiger charge is -2.20. The van der Waals surface area contributed by atoms with Crippen molar-refractivity contribution in [2.24, 2.45) is 0 Å². The SMILES string of the molecule is Cc1cc(C(C)(C)C)ccc1OCC[NH+](C)C. The Hall–Kier alpha value is -1.02. The number of nitrogens with one attached hydrogen (secondary N) is 1. The average molecular weight is 236 g/mol. The van der Waals surface area contributed by atoms with E-state index in [0.717, 1.165) is 18.9 Å². The molecule has 1 rings (SSSR count). The lowest BCUT2D eigenvalue weighted by Crippen LogP contribution is -3.06. The van der Waals surface area contributed by atoms with Crippen molar-refractivity contribution in [2.75, 3.05) is 27.2 Å². The van der Waals surface area contributed by atoms with Gasteiger partial charge in [0.15, 0.2) is 0 Å². The van der Waals surface area contributed by atoms with Crippen molar-refractivity contribution < 1.29 is 9.64 Å². The van der Waals surface area contributed by atoms with Crippen LogP contribution >= 0.6 is 0 Å². The number of benzene rings is 1. The minimum absolute atomic E-state index is 0.205. The molecule has 1 aromatic carbocycles. The molecule has 0 bridgehead atoms. The first-order chi connectivity index (χ1) is 7.80. The summed E-state index contributed by atoms with van der Waals surface area (Å²) in [5.74, 6) is 1.01. The van der Waals surface area contributed by atoms with E-state index >= 15 is 0 Å². The molecular formula is C15H26NO+. The van der Waals surface area contributed by atoms with Crippen molar-refractivity contribution in [1.82, 2.24) is 0 Å². The maximum absolute atomic E-state index is 5.79. The Morgan fingerprint density at radius 1 is 1.18 bits per heavy atom. The van der Waals surface area contributed by atoms with Crippen LogP contribution in [0.25, 0.3) is 0 Å². The van der Waals surface area contributed by atoms with Gasteiger partial charge in [-0.3, -0.25) is 0 Å². The number of quaternary nitrogens is 1. The Bertz CT molecular complexity index is 364. The van der Waals surface area contributed by atoms with Crippen LogP contribution in [0.5, 0.6) is 5.75 Å². The first kappa shape index (κ1) is 14.0. The van der Waals surface area contributed by atoms with E-state index in [1.807, 2.05) is 0 Å². The third-order valence-electron chi connectivity index (χ3n) is 2.90. The number of rotatable bonds is 4. The fourth-order valence-corrected chi connectivity index (χ4v) is 1.64. The molecule has 0 heterocycles. The van der Waals surface area contributed by atoms with Crippen LogP contribution in [0.3, 0.4) is 0 Å². The smallest absolute Gasteiger partial charge is 0.137 e. The van der Waals surface area contributed by atoms with Crippen molar-refractivity contribution in [2.45, 2.75) is 33.1 Å². The van der Waals surface area contributed by atoms with Gasteiger partial charge in [-0.05, 0) is 29.5 Å². The topological polar surface area (TPSA) is 13.7 Å². The van der Waals surface area contributed by atoms with E-state index in [0.29, 0.717) is 0 Å². The van der Waals surface area contributed by atoms with Gasteiger partial charge in [0.2, 0.25) is 0 Å². The quantitative estimate of drug-likeness (QED) is 0.842. The Kier molecular flexibility index (Phi) is 4.58. The number of hydrogen-bond acceptors (Lipinski definition) is 1. The van der Waals surface area contributed by atoms with E-state index in [4.69, 9.17) is 4.74 Å². The molecule has 17 heavy (non-hydrogen) atoms. The predicted molar refractivity (Wildman–Crippen MR) is 73.1 cm³/mol. The molecule has 0 unspecified atom stereocenters. The van der Waals surface area contributed by atoms with Crippen LogP contribution in [0.15, 0.2) is 18.2 Å². The van der Waals surface area contributed by atoms with Gasteiger partial charge in [-0.15, -0.1) is 0 Å². The summed E-state index contributed by atoms with van der Waals surface area (Å²) < 4.78 is 5.79. The molecule has 2 nitrogen and oxygen atoms in total. The normalized spacial score (nSPS) is 11.9. The highest BCUT2D eigenvalue weighted by Gasteiger charge is 2.14. The monoisotopic (exact) mass is 236 g/mol. The van der Waals surface area contributed by atoms with Gasteiger partial charge in [0, 0.05) is 0 Å². The molecule has 0 amide bonds. The molecule has 0 radical (unpaired) electrons. The minimum Gasteiger partial charge on any atom is -0.487 e. The molecule has 0 aliphatic heterocycles. The molecule has 2 heteroatoms. The van der Waals surface area contributed by atoms with Crippen LogP contribution < -0.4 is 9.64 Å². The largest absolute Gasteiger partial charge is 0.487 e. The van der Waals surface area contributed by atoms with Crippen molar-refractivity contribution in [3.05, 3.63) is 29.3 Å². The molecule has 0 aliphatic rings. The highest BCUT2D eigenvalue weighted by atomic mass is 16.5. The van der Waals surface area contributed by atoms with E-state index in [1.54, 1.807) is 0 Å². The average Bonchev–Trinajstić information content (AvgIpc) is 2.18. The standard InChI is InChI=1S/C15H25NO/c1-12-11-13(15(2,3)4)7-8-14(12)17-10-9-16(5)6/h7-8,11H,9-10H2,1-6H3/p+1. The van der Waals surface area contributed by atoms with Crippen LogP contribution in [-0.2, 0) is 5.41 Å². The summed E-state index contributed by atoms with van der Waals surface area (Å²) in [6.07, 6.45) is 0. The highest BCUT2D eigenvalue weighted by molar-refractivity contribution is 5.38. The van der Waals surface area contributed by atoms with Crippen LogP contribution in [-0.4, -0.2) is 27.2 Å². The summed E-state index contributed by atoms with van der Waals surface area (Å²) >= 11 is 0. The zero-order valence-corrected chi connectivity index (χ0v) is 12.1. The number of hydrogen-bond donors (Lipinski definition) is 1. The molecule has 0 saturated heterocycles. The summed E-state index contributed by atoms with van der Waals surface area (Å²) in [5, 5.41) is 0. The number of ether oxygens (including phenoxy) is 1. The lowest BCUT2D eigenvalue weighted by atomic mass is 9.86. The molecule has 0 spiro atoms. The van der Waals surface area contributed by atoms with Crippen molar-refractivity contribution >= 4 is 0 Å². The van der Waals surface area contributed by atoms with Gasteiger partial charge in [0.05, 0.1) is 14.1 Å². The van der Waals surface area contributed by atoms with Crippen molar-refractivity contribution in [3.8, 4) is 5.75 Å². The fraction of sp³-hybridized carbons (Fsp3) is 0.600. The Morgan fingerprint density at radius 3 is 2.29 bits per heavy atom. The molecular weight excluding hydrogens is 210 g/mol. The van der Waals surface area contributed by atoms with E-state index < -0.39 is 0 Å². The Labute approximate surface area is 106 Å². The van der Waals surface area contributed by atoms with Gasteiger partial charge >= 0.3 is 0 Å². The van der Waals surface area contributed by atoms with Gasteiger partial charge < -0.3 is 9.64 Å². The maximum Gasteiger partial charge on any atom is 0.137 e. The fourth-order valence-electron chi connectivity index (χ4n) is 1.64. The third-order valence-corrected chi connectivity index (χ3v) is 2.90. The molecule has 0 saturated carbocycles. The van der Waals surface area contributed by atoms with E-state index in [2.05, 4.69) is 60.0 Å². The summed E-state index contributed by atoms with van der Waals surface area (Å²) in [6.45, 7) is 10.6.